The van der Waals surface area contributed by atoms with E-state index in [0.717, 1.165) is 31.4 Å². The zero-order valence-electron chi connectivity index (χ0n) is 24.2. The van der Waals surface area contributed by atoms with Crippen LogP contribution in [0.25, 0.3) is 0 Å². The number of rotatable bonds is 10. The van der Waals surface area contributed by atoms with Crippen molar-refractivity contribution < 1.29 is 14.0 Å². The van der Waals surface area contributed by atoms with Crippen LogP contribution in [0.1, 0.15) is 41.1 Å². The number of halogens is 2. The molecule has 0 saturated carbocycles. The Morgan fingerprint density at radius 3 is 2.36 bits per heavy atom. The first-order chi connectivity index (χ1) is 20.4. The summed E-state index contributed by atoms with van der Waals surface area (Å²) in [7, 11) is 1.90. The van der Waals surface area contributed by atoms with Gasteiger partial charge in [-0.05, 0) is 74.2 Å². The second-order valence-corrected chi connectivity index (χ2v) is 11.8. The highest BCUT2D eigenvalue weighted by molar-refractivity contribution is 6.30. The largest absolute Gasteiger partial charge is 0.344 e. The van der Waals surface area contributed by atoms with Crippen molar-refractivity contribution in [2.45, 2.75) is 44.2 Å². The van der Waals surface area contributed by atoms with Gasteiger partial charge in [0.25, 0.3) is 0 Å². The minimum absolute atomic E-state index is 0.0675. The van der Waals surface area contributed by atoms with Gasteiger partial charge in [0.2, 0.25) is 11.8 Å². The highest BCUT2D eigenvalue weighted by Crippen LogP contribution is 2.28. The van der Waals surface area contributed by atoms with E-state index in [4.69, 9.17) is 11.6 Å². The summed E-state index contributed by atoms with van der Waals surface area (Å²) in [5.74, 6) is -0.506. The van der Waals surface area contributed by atoms with Crippen LogP contribution < -0.4 is 10.6 Å². The van der Waals surface area contributed by atoms with E-state index in [2.05, 4.69) is 27.7 Å². The summed E-state index contributed by atoms with van der Waals surface area (Å²) in [6, 6.07) is 21.9. The van der Waals surface area contributed by atoms with E-state index in [1.165, 1.54) is 17.2 Å². The van der Waals surface area contributed by atoms with Crippen molar-refractivity contribution in [1.82, 2.24) is 20.4 Å². The topological polar surface area (TPSA) is 64.7 Å². The number of aryl methyl sites for hydroxylation is 1. The number of carbonyl (C=O) groups is 2. The Morgan fingerprint density at radius 2 is 1.64 bits per heavy atom. The maximum atomic E-state index is 14.8. The second kappa shape index (κ2) is 14.3. The van der Waals surface area contributed by atoms with Crippen molar-refractivity contribution in [2.75, 3.05) is 39.8 Å². The van der Waals surface area contributed by atoms with Gasteiger partial charge >= 0.3 is 0 Å². The minimum atomic E-state index is -0.672. The van der Waals surface area contributed by atoms with Crippen LogP contribution in [0, 0.1) is 11.7 Å². The van der Waals surface area contributed by atoms with Crippen LogP contribution in [0.4, 0.5) is 4.39 Å². The average molecular weight is 591 g/mol. The molecule has 3 atom stereocenters. The lowest BCUT2D eigenvalue weighted by Crippen LogP contribution is -2.56. The molecule has 6 nitrogen and oxygen atoms in total. The van der Waals surface area contributed by atoms with Crippen LogP contribution in [0.15, 0.2) is 72.8 Å². The molecule has 0 spiro atoms. The molecule has 2 N–H and O–H groups in total. The zero-order valence-corrected chi connectivity index (χ0v) is 25.0. The number of carbonyl (C=O) groups excluding carboxylic acids is 2. The number of benzene rings is 3. The molecule has 42 heavy (non-hydrogen) atoms. The van der Waals surface area contributed by atoms with E-state index < -0.39 is 6.04 Å². The Kier molecular flexibility index (Phi) is 10.3. The summed E-state index contributed by atoms with van der Waals surface area (Å²) < 4.78 is 14.8. The molecule has 5 rings (SSSR count). The Morgan fingerprint density at radius 1 is 0.952 bits per heavy atom. The summed E-state index contributed by atoms with van der Waals surface area (Å²) in [6.07, 6.45) is 3.49. The molecule has 0 aromatic heterocycles. The van der Waals surface area contributed by atoms with Crippen molar-refractivity contribution in [2.24, 2.45) is 5.92 Å². The molecule has 2 amide bonds. The molecule has 3 aromatic carbocycles. The fraction of sp³-hybridized carbons (Fsp3) is 0.412. The molecule has 1 heterocycles. The summed E-state index contributed by atoms with van der Waals surface area (Å²) in [5, 5.41) is 6.95. The number of nitrogens with one attached hydrogen (secondary N) is 2. The summed E-state index contributed by atoms with van der Waals surface area (Å²) >= 11 is 6.11. The molecule has 0 radical (unpaired) electrons. The lowest BCUT2D eigenvalue weighted by Gasteiger charge is -2.41. The summed E-state index contributed by atoms with van der Waals surface area (Å²) in [5.41, 5.74) is 4.15. The number of hydrogen-bond acceptors (Lipinski definition) is 4. The number of nitrogens with zero attached hydrogens (tertiary/aromatic N) is 2. The van der Waals surface area contributed by atoms with Crippen LogP contribution in [0.3, 0.4) is 0 Å². The molecule has 3 unspecified atom stereocenters. The average Bonchev–Trinajstić information content (AvgIpc) is 3.02. The Balaban J connectivity index is 1.27. The van der Waals surface area contributed by atoms with Gasteiger partial charge in [-0.2, -0.15) is 0 Å². The van der Waals surface area contributed by atoms with Gasteiger partial charge in [0, 0.05) is 55.1 Å². The van der Waals surface area contributed by atoms with Gasteiger partial charge in [-0.15, -0.1) is 0 Å². The first kappa shape index (κ1) is 30.2. The molecule has 1 fully saturated rings. The Hall–Kier alpha value is -3.26. The lowest BCUT2D eigenvalue weighted by atomic mass is 9.83. The maximum absolute atomic E-state index is 14.8. The number of piperazine rings is 1. The standard InChI is InChI=1S/C34H40ClFN4O2/c1-37-17-16-32(29-8-4-5-9-30(29)36)39-18-20-40(21-19-39)34(42)31(22-24-10-14-28(35)15-11-24)38-33(41)27-13-12-25-6-2-3-7-26(25)23-27/h2-11,14-15,27,31-32,37H,12-13,16-23H2,1H3,(H,38,41). The highest BCUT2D eigenvalue weighted by atomic mass is 35.5. The predicted molar refractivity (Wildman–Crippen MR) is 165 cm³/mol. The molecule has 1 saturated heterocycles. The third-order valence-corrected chi connectivity index (χ3v) is 8.94. The van der Waals surface area contributed by atoms with Crippen molar-refractivity contribution in [3.8, 4) is 0 Å². The number of fused-ring (bicyclic) bond motifs is 1. The minimum Gasteiger partial charge on any atom is -0.344 e. The van der Waals surface area contributed by atoms with Gasteiger partial charge in [0.05, 0.1) is 0 Å². The molecule has 3 aromatic rings. The molecule has 222 valence electrons. The van der Waals surface area contributed by atoms with E-state index in [0.29, 0.717) is 49.6 Å². The normalized spacial score (nSPS) is 18.6. The number of hydrogen-bond donors (Lipinski definition) is 2. The quantitative estimate of drug-likeness (QED) is 0.356. The molecule has 2 aliphatic rings. The predicted octanol–water partition coefficient (Wildman–Crippen LogP) is 4.81. The van der Waals surface area contributed by atoms with E-state index in [9.17, 15) is 14.0 Å². The Bertz CT molecular complexity index is 1360. The fourth-order valence-corrected chi connectivity index (χ4v) is 6.43. The summed E-state index contributed by atoms with van der Waals surface area (Å²) in [6.45, 7) is 3.07. The first-order valence-electron chi connectivity index (χ1n) is 15.0. The van der Waals surface area contributed by atoms with Crippen LogP contribution in [-0.2, 0) is 28.9 Å². The molecule has 1 aliphatic heterocycles. The fourth-order valence-electron chi connectivity index (χ4n) is 6.30. The van der Waals surface area contributed by atoms with Crippen LogP contribution in [0.2, 0.25) is 5.02 Å². The van der Waals surface area contributed by atoms with Crippen molar-refractivity contribution >= 4 is 23.4 Å². The van der Waals surface area contributed by atoms with Gasteiger partial charge in [-0.25, -0.2) is 4.39 Å². The molecule has 0 bridgehead atoms. The van der Waals surface area contributed by atoms with E-state index >= 15 is 0 Å². The first-order valence-corrected chi connectivity index (χ1v) is 15.3. The van der Waals surface area contributed by atoms with Gasteiger partial charge in [-0.1, -0.05) is 66.2 Å². The highest BCUT2D eigenvalue weighted by Gasteiger charge is 2.34. The SMILES string of the molecule is CNCCC(c1ccccc1F)N1CCN(C(=O)C(Cc2ccc(Cl)cc2)NC(=O)C2CCc3ccccc3C2)CC1. The molecule has 1 aliphatic carbocycles. The third-order valence-electron chi connectivity index (χ3n) is 8.68. The van der Waals surface area contributed by atoms with E-state index in [1.807, 2.05) is 60.5 Å². The van der Waals surface area contributed by atoms with Gasteiger partial charge < -0.3 is 15.5 Å². The van der Waals surface area contributed by atoms with E-state index in [-0.39, 0.29) is 29.6 Å². The van der Waals surface area contributed by atoms with E-state index in [1.54, 1.807) is 6.07 Å². The molecular weight excluding hydrogens is 551 g/mol. The maximum Gasteiger partial charge on any atom is 0.245 e. The zero-order chi connectivity index (χ0) is 29.5. The third kappa shape index (κ3) is 7.38. The molecule has 8 heteroatoms. The Labute approximate surface area is 253 Å². The summed E-state index contributed by atoms with van der Waals surface area (Å²) in [4.78, 5) is 31.6. The smallest absolute Gasteiger partial charge is 0.245 e. The van der Waals surface area contributed by atoms with Crippen LogP contribution >= 0.6 is 11.6 Å². The van der Waals surface area contributed by atoms with Crippen molar-refractivity contribution in [1.29, 1.82) is 0 Å². The van der Waals surface area contributed by atoms with Crippen molar-refractivity contribution in [3.05, 3.63) is 106 Å². The monoisotopic (exact) mass is 590 g/mol. The lowest BCUT2D eigenvalue weighted by molar-refractivity contribution is -0.139. The van der Waals surface area contributed by atoms with Gasteiger partial charge in [0.15, 0.2) is 0 Å². The van der Waals surface area contributed by atoms with Gasteiger partial charge in [-0.3, -0.25) is 14.5 Å². The second-order valence-electron chi connectivity index (χ2n) is 11.4. The molecular formula is C34H40ClFN4O2. The van der Waals surface area contributed by atoms with Crippen LogP contribution in [-0.4, -0.2) is 67.4 Å². The van der Waals surface area contributed by atoms with Crippen LogP contribution in [0.5, 0.6) is 0 Å². The van der Waals surface area contributed by atoms with Crippen molar-refractivity contribution in [3.63, 3.8) is 0 Å². The van der Waals surface area contributed by atoms with Gasteiger partial charge in [0.1, 0.15) is 11.9 Å². The number of amides is 2.